The van der Waals surface area contributed by atoms with Crippen LogP contribution in [-0.4, -0.2) is 55.1 Å². The van der Waals surface area contributed by atoms with E-state index in [2.05, 4.69) is 17.3 Å². The monoisotopic (exact) mass is 211 g/mol. The van der Waals surface area contributed by atoms with Crippen LogP contribution in [0.4, 0.5) is 4.79 Å². The maximum absolute atomic E-state index is 11.6. The highest BCUT2D eigenvalue weighted by molar-refractivity contribution is 5.74. The second-order valence-electron chi connectivity index (χ2n) is 4.64. The summed E-state index contributed by atoms with van der Waals surface area (Å²) in [5, 5.41) is 2.98. The van der Waals surface area contributed by atoms with E-state index in [-0.39, 0.29) is 6.03 Å². The molecule has 1 aliphatic heterocycles. The summed E-state index contributed by atoms with van der Waals surface area (Å²) in [6, 6.07) is 0.908. The third-order valence-corrected chi connectivity index (χ3v) is 3.30. The van der Waals surface area contributed by atoms with Gasteiger partial charge in [0.15, 0.2) is 0 Å². The molecule has 2 rings (SSSR count). The van der Waals surface area contributed by atoms with Gasteiger partial charge in [-0.2, -0.15) is 0 Å². The molecule has 2 amide bonds. The Morgan fingerprint density at radius 2 is 2.07 bits per heavy atom. The normalized spacial score (nSPS) is 21.1. The number of likely N-dealkylation sites (tertiary alicyclic amines) is 1. The van der Waals surface area contributed by atoms with E-state index in [4.69, 9.17) is 0 Å². The molecule has 0 aromatic carbocycles. The zero-order valence-electron chi connectivity index (χ0n) is 9.54. The number of carbonyl (C=O) groups excluding carboxylic acids is 1. The largest absolute Gasteiger partial charge is 0.337 e. The van der Waals surface area contributed by atoms with Crippen molar-refractivity contribution in [3.8, 4) is 0 Å². The fraction of sp³-hybridized carbons (Fsp3) is 0.909. The minimum absolute atomic E-state index is 0.122. The maximum atomic E-state index is 11.6. The first-order valence-corrected chi connectivity index (χ1v) is 6.00. The molecule has 4 nitrogen and oxygen atoms in total. The molecule has 2 fully saturated rings. The number of hydrogen-bond acceptors (Lipinski definition) is 2. The van der Waals surface area contributed by atoms with Crippen molar-refractivity contribution in [3.63, 3.8) is 0 Å². The maximum Gasteiger partial charge on any atom is 0.317 e. The third kappa shape index (κ3) is 3.09. The molecular weight excluding hydrogens is 190 g/mol. The molecular formula is C11H21N3O. The molecule has 1 heterocycles. The highest BCUT2D eigenvalue weighted by Crippen LogP contribution is 2.24. The number of rotatable bonds is 4. The average molecular weight is 211 g/mol. The minimum Gasteiger partial charge on any atom is -0.337 e. The van der Waals surface area contributed by atoms with Crippen LogP contribution in [0.15, 0.2) is 0 Å². The molecule has 1 N–H and O–H groups in total. The Morgan fingerprint density at radius 1 is 1.40 bits per heavy atom. The van der Waals surface area contributed by atoms with E-state index in [1.807, 2.05) is 4.90 Å². The van der Waals surface area contributed by atoms with Gasteiger partial charge in [0, 0.05) is 32.2 Å². The highest BCUT2D eigenvalue weighted by atomic mass is 16.2. The number of amides is 2. The number of nitrogens with zero attached hydrogens (tertiary/aromatic N) is 2. The van der Waals surface area contributed by atoms with Gasteiger partial charge in [-0.15, -0.1) is 0 Å². The Kier molecular flexibility index (Phi) is 3.46. The van der Waals surface area contributed by atoms with Crippen molar-refractivity contribution >= 4 is 6.03 Å². The van der Waals surface area contributed by atoms with Crippen LogP contribution in [0.5, 0.6) is 0 Å². The van der Waals surface area contributed by atoms with Gasteiger partial charge in [0.1, 0.15) is 0 Å². The molecule has 2 aliphatic rings. The van der Waals surface area contributed by atoms with Crippen LogP contribution in [0.1, 0.15) is 25.7 Å². The first-order chi connectivity index (χ1) is 7.27. The van der Waals surface area contributed by atoms with Gasteiger partial charge in [0.25, 0.3) is 0 Å². The topological polar surface area (TPSA) is 35.6 Å². The second kappa shape index (κ2) is 4.84. The van der Waals surface area contributed by atoms with Crippen LogP contribution in [0.3, 0.4) is 0 Å². The summed E-state index contributed by atoms with van der Waals surface area (Å²) in [5.41, 5.74) is 0. The van der Waals surface area contributed by atoms with Gasteiger partial charge in [-0.05, 0) is 32.7 Å². The van der Waals surface area contributed by atoms with E-state index in [0.29, 0.717) is 0 Å². The summed E-state index contributed by atoms with van der Waals surface area (Å²) in [7, 11) is 2.14. The van der Waals surface area contributed by atoms with Crippen LogP contribution in [0.2, 0.25) is 0 Å². The lowest BCUT2D eigenvalue weighted by Gasteiger charge is -2.19. The van der Waals surface area contributed by atoms with Crippen LogP contribution in [0.25, 0.3) is 0 Å². The predicted molar refractivity (Wildman–Crippen MR) is 59.9 cm³/mol. The van der Waals surface area contributed by atoms with E-state index in [0.717, 1.165) is 45.1 Å². The van der Waals surface area contributed by atoms with E-state index in [9.17, 15) is 4.79 Å². The van der Waals surface area contributed by atoms with Crippen molar-refractivity contribution in [2.45, 2.75) is 31.7 Å². The van der Waals surface area contributed by atoms with Crippen LogP contribution in [-0.2, 0) is 0 Å². The Hall–Kier alpha value is -0.770. The van der Waals surface area contributed by atoms with Gasteiger partial charge in [0.2, 0.25) is 0 Å². The first kappa shape index (κ1) is 10.7. The summed E-state index contributed by atoms with van der Waals surface area (Å²) in [6.45, 7) is 3.63. The molecule has 0 aromatic heterocycles. The lowest BCUT2D eigenvalue weighted by Crippen LogP contribution is -2.41. The van der Waals surface area contributed by atoms with Gasteiger partial charge >= 0.3 is 6.03 Å². The van der Waals surface area contributed by atoms with Crippen molar-refractivity contribution in [2.75, 3.05) is 33.2 Å². The molecule has 0 spiro atoms. The third-order valence-electron chi connectivity index (χ3n) is 3.30. The molecule has 86 valence electrons. The van der Waals surface area contributed by atoms with Gasteiger partial charge in [-0.1, -0.05) is 0 Å². The molecule has 0 bridgehead atoms. The quantitative estimate of drug-likeness (QED) is 0.749. The van der Waals surface area contributed by atoms with Crippen molar-refractivity contribution in [2.24, 2.45) is 0 Å². The molecule has 0 radical (unpaired) electrons. The van der Waals surface area contributed by atoms with Crippen LogP contribution < -0.4 is 5.32 Å². The van der Waals surface area contributed by atoms with E-state index < -0.39 is 0 Å². The molecule has 0 atom stereocenters. The molecule has 1 saturated heterocycles. The summed E-state index contributed by atoms with van der Waals surface area (Å²) < 4.78 is 0. The van der Waals surface area contributed by atoms with Crippen molar-refractivity contribution < 1.29 is 4.79 Å². The van der Waals surface area contributed by atoms with Crippen molar-refractivity contribution in [1.82, 2.24) is 15.1 Å². The molecule has 0 unspecified atom stereocenters. The Balaban J connectivity index is 1.58. The summed E-state index contributed by atoms with van der Waals surface area (Å²) in [4.78, 5) is 15.9. The van der Waals surface area contributed by atoms with E-state index in [1.165, 1.54) is 12.8 Å². The van der Waals surface area contributed by atoms with Crippen LogP contribution >= 0.6 is 0 Å². The Labute approximate surface area is 91.6 Å². The first-order valence-electron chi connectivity index (χ1n) is 6.00. The van der Waals surface area contributed by atoms with Gasteiger partial charge in [-0.25, -0.2) is 4.79 Å². The SMILES string of the molecule is CN(CCNC(=O)N1CCCC1)C1CC1. The lowest BCUT2D eigenvalue weighted by molar-refractivity contribution is 0.206. The molecule has 4 heteroatoms. The van der Waals surface area contributed by atoms with Gasteiger partial charge in [0.05, 0.1) is 0 Å². The number of carbonyl (C=O) groups is 1. The predicted octanol–water partition coefficient (Wildman–Crippen LogP) is 0.886. The number of nitrogens with one attached hydrogen (secondary N) is 1. The summed E-state index contributed by atoms with van der Waals surface area (Å²) >= 11 is 0. The van der Waals surface area contributed by atoms with E-state index >= 15 is 0 Å². The Bertz CT molecular complexity index is 222. The van der Waals surface area contributed by atoms with Crippen molar-refractivity contribution in [1.29, 1.82) is 0 Å². The van der Waals surface area contributed by atoms with Gasteiger partial charge in [-0.3, -0.25) is 0 Å². The smallest absolute Gasteiger partial charge is 0.317 e. The fourth-order valence-corrected chi connectivity index (χ4v) is 2.07. The van der Waals surface area contributed by atoms with Gasteiger partial charge < -0.3 is 15.1 Å². The van der Waals surface area contributed by atoms with Crippen LogP contribution in [0, 0.1) is 0 Å². The zero-order chi connectivity index (χ0) is 10.7. The number of urea groups is 1. The molecule has 15 heavy (non-hydrogen) atoms. The standard InChI is InChI=1S/C11H21N3O/c1-13(10-4-5-10)9-6-12-11(15)14-7-2-3-8-14/h10H,2-9H2,1H3,(H,12,15). The highest BCUT2D eigenvalue weighted by Gasteiger charge is 2.25. The van der Waals surface area contributed by atoms with E-state index in [1.54, 1.807) is 0 Å². The fourth-order valence-electron chi connectivity index (χ4n) is 2.07. The minimum atomic E-state index is 0.122. The Morgan fingerprint density at radius 3 is 2.67 bits per heavy atom. The second-order valence-corrected chi connectivity index (χ2v) is 4.64. The number of likely N-dealkylation sites (N-methyl/N-ethyl adjacent to an activating group) is 1. The summed E-state index contributed by atoms with van der Waals surface area (Å²) in [6.07, 6.45) is 4.98. The summed E-state index contributed by atoms with van der Waals surface area (Å²) in [5.74, 6) is 0. The zero-order valence-corrected chi connectivity index (χ0v) is 9.54. The average Bonchev–Trinajstić information content (AvgIpc) is 2.93. The lowest BCUT2D eigenvalue weighted by atomic mass is 10.4. The number of hydrogen-bond donors (Lipinski definition) is 1. The molecule has 1 aliphatic carbocycles. The van der Waals surface area contributed by atoms with Crippen molar-refractivity contribution in [3.05, 3.63) is 0 Å². The molecule has 0 aromatic rings. The molecule has 1 saturated carbocycles.